The normalized spacial score (nSPS) is 8.96. The first-order valence-electron chi connectivity index (χ1n) is 6.94. The molecule has 1 heterocycles. The van der Waals surface area contributed by atoms with Crippen LogP contribution in [-0.2, 0) is 10.5 Å². The highest BCUT2D eigenvalue weighted by atomic mass is 32.2. The van der Waals surface area contributed by atoms with Crippen molar-refractivity contribution in [1.29, 1.82) is 0 Å². The zero-order chi connectivity index (χ0) is 19.4. The van der Waals surface area contributed by atoms with E-state index in [2.05, 4.69) is 25.2 Å². The van der Waals surface area contributed by atoms with Crippen LogP contribution in [0, 0.1) is 19.3 Å². The number of aromatic nitrogens is 3. The molecule has 0 aliphatic heterocycles. The van der Waals surface area contributed by atoms with Crippen molar-refractivity contribution >= 4 is 22.5 Å². The summed E-state index contributed by atoms with van der Waals surface area (Å²) in [5, 5.41) is 2.05. The number of carbonyl (C=O) groups excluding carboxylic acids is 1. The molecule has 0 bridgehead atoms. The second kappa shape index (κ2) is 11.1. The molecule has 1 N–H and O–H groups in total. The number of terminal acetylenes is 1. The van der Waals surface area contributed by atoms with E-state index >= 15 is 0 Å². The molecule has 10 nitrogen and oxygen atoms in total. The molecule has 26 heavy (non-hydrogen) atoms. The van der Waals surface area contributed by atoms with E-state index in [0.29, 0.717) is 12.4 Å². The van der Waals surface area contributed by atoms with E-state index in [1.54, 1.807) is 6.92 Å². The second-order valence-electron chi connectivity index (χ2n) is 4.24. The number of benzene rings is 1. The number of carbonyl (C=O) groups is 1. The van der Waals surface area contributed by atoms with Gasteiger partial charge in [0.25, 0.3) is 0 Å². The van der Waals surface area contributed by atoms with Gasteiger partial charge in [-0.1, -0.05) is 28.5 Å². The maximum Gasteiger partial charge on any atom is 0.362 e. The van der Waals surface area contributed by atoms with Crippen LogP contribution in [0.4, 0.5) is 10.7 Å². The number of anilines is 1. The van der Waals surface area contributed by atoms with Crippen molar-refractivity contribution in [3.05, 3.63) is 36.2 Å². The van der Waals surface area contributed by atoms with Crippen molar-refractivity contribution in [1.82, 2.24) is 15.0 Å². The lowest BCUT2D eigenvalue weighted by Gasteiger charge is -2.02. The molecule has 0 atom stereocenters. The number of rotatable bonds is 4. The summed E-state index contributed by atoms with van der Waals surface area (Å²) in [7, 11) is -1.48. The third-order valence-electron chi connectivity index (χ3n) is 2.35. The van der Waals surface area contributed by atoms with E-state index in [4.69, 9.17) is 15.9 Å². The van der Waals surface area contributed by atoms with Crippen LogP contribution < -0.4 is 14.8 Å². The van der Waals surface area contributed by atoms with Gasteiger partial charge in [0.05, 0.1) is 7.11 Å². The highest BCUT2D eigenvalue weighted by Crippen LogP contribution is 2.07. The van der Waals surface area contributed by atoms with Crippen LogP contribution in [0.25, 0.3) is 0 Å². The van der Waals surface area contributed by atoms with Gasteiger partial charge < -0.3 is 9.47 Å². The average Bonchev–Trinajstić information content (AvgIpc) is 2.60. The molecular weight excluding hydrogens is 362 g/mol. The van der Waals surface area contributed by atoms with Gasteiger partial charge in [0.1, 0.15) is 18.2 Å². The maximum atomic E-state index is 10.9. The standard InChI is InChI=1S/C9H8O.C6H7N5O4S/c1-2-8-10-9-6-4-3-5-7-9;1-3-7-4(10-6(8-3)15-2)9-5(12)11-16(13)14/h1,3-7H,8H2;1-2H3,(H,7,8,9,10,12). The van der Waals surface area contributed by atoms with Gasteiger partial charge in [-0.05, 0) is 19.1 Å². The molecule has 136 valence electrons. The molecule has 0 saturated carbocycles. The van der Waals surface area contributed by atoms with E-state index in [0.717, 1.165) is 5.75 Å². The topological polar surface area (TPSA) is 133 Å². The molecule has 0 spiro atoms. The lowest BCUT2D eigenvalue weighted by molar-refractivity contribution is 0.259. The summed E-state index contributed by atoms with van der Waals surface area (Å²) in [6.07, 6.45) is 5.00. The van der Waals surface area contributed by atoms with E-state index in [9.17, 15) is 13.2 Å². The molecule has 0 aliphatic carbocycles. The lowest BCUT2D eigenvalue weighted by Crippen LogP contribution is -2.11. The first-order valence-corrected chi connectivity index (χ1v) is 7.98. The summed E-state index contributed by atoms with van der Waals surface area (Å²) < 4.78 is 32.7. The number of aryl methyl sites for hydroxylation is 1. The van der Waals surface area contributed by atoms with Crippen LogP contribution in [0.3, 0.4) is 0 Å². The molecule has 2 rings (SSSR count). The summed E-state index contributed by atoms with van der Waals surface area (Å²) in [6.45, 7) is 1.90. The highest BCUT2D eigenvalue weighted by Gasteiger charge is 2.07. The molecular formula is C15H15N5O5S. The van der Waals surface area contributed by atoms with Crippen molar-refractivity contribution in [2.75, 3.05) is 19.0 Å². The Hall–Kier alpha value is -3.52. The van der Waals surface area contributed by atoms with Crippen molar-refractivity contribution in [3.8, 4) is 24.1 Å². The molecule has 0 saturated heterocycles. The summed E-state index contributed by atoms with van der Waals surface area (Å²) in [4.78, 5) is 22.1. The summed E-state index contributed by atoms with van der Waals surface area (Å²) in [5.41, 5.74) is 0. The number of urea groups is 1. The van der Waals surface area contributed by atoms with Crippen LogP contribution in [0.15, 0.2) is 34.7 Å². The van der Waals surface area contributed by atoms with Crippen LogP contribution in [0.2, 0.25) is 0 Å². The fourth-order valence-corrected chi connectivity index (χ4v) is 1.61. The minimum Gasteiger partial charge on any atom is -0.481 e. The number of para-hydroxylation sites is 1. The third kappa shape index (κ3) is 8.37. The number of hydrogen-bond acceptors (Lipinski definition) is 8. The number of nitrogens with zero attached hydrogens (tertiary/aromatic N) is 4. The van der Waals surface area contributed by atoms with Crippen LogP contribution >= 0.6 is 0 Å². The summed E-state index contributed by atoms with van der Waals surface area (Å²) in [6, 6.07) is 8.40. The molecule has 0 fully saturated rings. The third-order valence-corrected chi connectivity index (χ3v) is 2.67. The molecule has 0 aliphatic rings. The van der Waals surface area contributed by atoms with Gasteiger partial charge in [-0.3, -0.25) is 5.32 Å². The van der Waals surface area contributed by atoms with E-state index in [1.807, 2.05) is 35.6 Å². The smallest absolute Gasteiger partial charge is 0.362 e. The van der Waals surface area contributed by atoms with Crippen molar-refractivity contribution in [2.24, 2.45) is 4.36 Å². The van der Waals surface area contributed by atoms with Gasteiger partial charge in [-0.25, -0.2) is 4.79 Å². The SMILES string of the molecule is C#CCOc1ccccc1.COc1nc(C)nc(NC(=O)N=S(=O)=O)n1. The molecule has 1 aromatic carbocycles. The van der Waals surface area contributed by atoms with Crippen LogP contribution in [0.1, 0.15) is 5.82 Å². The van der Waals surface area contributed by atoms with Gasteiger partial charge in [-0.15, -0.1) is 6.42 Å². The Morgan fingerprint density at radius 1 is 1.27 bits per heavy atom. The monoisotopic (exact) mass is 377 g/mol. The zero-order valence-corrected chi connectivity index (χ0v) is 14.7. The van der Waals surface area contributed by atoms with E-state index < -0.39 is 16.5 Å². The minimum absolute atomic E-state index is 0.00560. The summed E-state index contributed by atoms with van der Waals surface area (Å²) >= 11 is 0. The van der Waals surface area contributed by atoms with Gasteiger partial charge in [0, 0.05) is 0 Å². The zero-order valence-electron chi connectivity index (χ0n) is 13.9. The Morgan fingerprint density at radius 2 is 1.96 bits per heavy atom. The van der Waals surface area contributed by atoms with E-state index in [1.165, 1.54) is 7.11 Å². The lowest BCUT2D eigenvalue weighted by atomic mass is 10.3. The Morgan fingerprint density at radius 3 is 2.54 bits per heavy atom. The molecule has 0 radical (unpaired) electrons. The number of amides is 2. The van der Waals surface area contributed by atoms with Crippen molar-refractivity contribution in [2.45, 2.75) is 6.92 Å². The first kappa shape index (κ1) is 20.5. The molecule has 0 unspecified atom stereocenters. The molecule has 2 aromatic rings. The fraction of sp³-hybridized carbons (Fsp3) is 0.200. The Bertz CT molecular complexity index is 902. The summed E-state index contributed by atoms with van der Waals surface area (Å²) in [5.74, 6) is 3.39. The second-order valence-corrected chi connectivity index (χ2v) is 4.85. The van der Waals surface area contributed by atoms with Crippen LogP contribution in [0.5, 0.6) is 11.8 Å². The maximum absolute atomic E-state index is 10.9. The first-order chi connectivity index (χ1) is 12.4. The van der Waals surface area contributed by atoms with Gasteiger partial charge >= 0.3 is 22.5 Å². The Labute approximate surface area is 151 Å². The van der Waals surface area contributed by atoms with Crippen LogP contribution in [-0.4, -0.2) is 43.1 Å². The number of hydrogen-bond donors (Lipinski definition) is 1. The fourth-order valence-electron chi connectivity index (χ4n) is 1.43. The molecule has 11 heteroatoms. The number of ether oxygens (including phenoxy) is 2. The van der Waals surface area contributed by atoms with Crippen molar-refractivity contribution in [3.63, 3.8) is 0 Å². The van der Waals surface area contributed by atoms with Crippen molar-refractivity contribution < 1.29 is 22.7 Å². The number of nitrogens with one attached hydrogen (secondary N) is 1. The largest absolute Gasteiger partial charge is 0.481 e. The predicted octanol–water partition coefficient (Wildman–Crippen LogP) is 1.48. The highest BCUT2D eigenvalue weighted by molar-refractivity contribution is 7.62. The predicted molar refractivity (Wildman–Crippen MR) is 92.3 cm³/mol. The number of methoxy groups -OCH3 is 1. The quantitative estimate of drug-likeness (QED) is 0.792. The molecule has 1 aromatic heterocycles. The van der Waals surface area contributed by atoms with Gasteiger partial charge in [-0.2, -0.15) is 23.4 Å². The Balaban J connectivity index is 0.000000289. The van der Waals surface area contributed by atoms with Gasteiger partial charge in [0.15, 0.2) is 0 Å². The average molecular weight is 377 g/mol. The molecule has 2 amide bonds. The van der Waals surface area contributed by atoms with Gasteiger partial charge in [0.2, 0.25) is 5.95 Å². The van der Waals surface area contributed by atoms with E-state index in [-0.39, 0.29) is 12.0 Å². The Kier molecular flexibility index (Phi) is 8.77. The minimum atomic E-state index is -2.82.